The molecule has 0 radical (unpaired) electrons. The molecule has 110 valence electrons. The molecule has 0 aliphatic heterocycles. The molecule has 6 nitrogen and oxygen atoms in total. The lowest BCUT2D eigenvalue weighted by atomic mass is 10.9. The van der Waals surface area contributed by atoms with Crippen molar-refractivity contribution in [1.29, 1.82) is 0 Å². The van der Waals surface area contributed by atoms with E-state index in [2.05, 4.69) is 0 Å². The van der Waals surface area contributed by atoms with Gasteiger partial charge in [-0.3, -0.25) is 5.40 Å². The quantitative estimate of drug-likeness (QED) is 0.653. The molecule has 0 aromatic rings. The Morgan fingerprint density at radius 3 is 1.89 bits per heavy atom. The van der Waals surface area contributed by atoms with Crippen molar-refractivity contribution in [2.75, 3.05) is 25.6 Å². The smallest absolute Gasteiger partial charge is 0.362 e. The third-order valence-corrected chi connectivity index (χ3v) is 5.10. The van der Waals surface area contributed by atoms with Gasteiger partial charge in [-0.15, -0.1) is 0 Å². The van der Waals surface area contributed by atoms with Gasteiger partial charge < -0.3 is 13.3 Å². The molecule has 0 aliphatic rings. The number of alkyl halides is 3. The van der Waals surface area contributed by atoms with Gasteiger partial charge in [0.2, 0.25) is 9.84 Å². The third-order valence-electron chi connectivity index (χ3n) is 1.70. The van der Waals surface area contributed by atoms with Gasteiger partial charge in [-0.25, -0.2) is 8.42 Å². The fraction of sp³-hybridized carbons (Fsp3) is 1.00. The van der Waals surface area contributed by atoms with Crippen LogP contribution < -0.4 is 5.40 Å². The van der Waals surface area contributed by atoms with E-state index in [0.717, 1.165) is 0 Å². The molecule has 0 fully saturated rings. The monoisotopic (exact) mass is 311 g/mol. The van der Waals surface area contributed by atoms with Crippen LogP contribution in [-0.2, 0) is 23.1 Å². The summed E-state index contributed by atoms with van der Waals surface area (Å²) in [5.41, 5.74) is -5.30. The molecule has 0 rings (SSSR count). The predicted octanol–water partition coefficient (Wildman–Crippen LogP) is 0.405. The highest BCUT2D eigenvalue weighted by molar-refractivity contribution is 7.92. The summed E-state index contributed by atoms with van der Waals surface area (Å²) >= 11 is 0. The minimum atomic E-state index is -5.30. The summed E-state index contributed by atoms with van der Waals surface area (Å²) in [6.45, 7) is 2.76. The number of nitrogens with two attached hydrogens (primary N) is 1. The molecule has 0 heterocycles. The second kappa shape index (κ2) is 6.82. The van der Waals surface area contributed by atoms with Crippen molar-refractivity contribution in [1.82, 2.24) is 0 Å². The average molecular weight is 311 g/mol. The van der Waals surface area contributed by atoms with Crippen LogP contribution in [0.3, 0.4) is 0 Å². The molecule has 18 heavy (non-hydrogen) atoms. The average Bonchev–Trinajstić information content (AvgIpc) is 2.15. The van der Waals surface area contributed by atoms with Crippen LogP contribution in [-0.4, -0.2) is 48.5 Å². The highest BCUT2D eigenvalue weighted by Gasteiger charge is 2.46. The zero-order valence-electron chi connectivity index (χ0n) is 9.99. The van der Waals surface area contributed by atoms with Crippen molar-refractivity contribution in [3.8, 4) is 0 Å². The lowest BCUT2D eigenvalue weighted by Gasteiger charge is -2.23. The van der Waals surface area contributed by atoms with Crippen LogP contribution in [0.2, 0.25) is 0 Å². The lowest BCUT2D eigenvalue weighted by Crippen LogP contribution is -2.56. The molecule has 0 saturated heterocycles. The lowest BCUT2D eigenvalue weighted by molar-refractivity contribution is -0.0440. The topological polar surface area (TPSA) is 87.8 Å². The fourth-order valence-corrected chi connectivity index (χ4v) is 3.06. The number of rotatable bonds is 8. The van der Waals surface area contributed by atoms with E-state index in [1.54, 1.807) is 13.8 Å². The minimum Gasteiger partial charge on any atom is -0.362 e. The summed E-state index contributed by atoms with van der Waals surface area (Å²) in [7, 11) is -8.76. The highest BCUT2D eigenvalue weighted by Crippen LogP contribution is 2.23. The molecule has 0 spiro atoms. The van der Waals surface area contributed by atoms with E-state index in [9.17, 15) is 21.6 Å². The molecule has 0 saturated carbocycles. The Balaban J connectivity index is 4.40. The van der Waals surface area contributed by atoms with Gasteiger partial charge in [-0.05, 0) is 13.8 Å². The summed E-state index contributed by atoms with van der Waals surface area (Å²) < 4.78 is 72.3. The highest BCUT2D eigenvalue weighted by atomic mass is 32.2. The molecule has 0 bridgehead atoms. The predicted molar refractivity (Wildman–Crippen MR) is 59.0 cm³/mol. The van der Waals surface area contributed by atoms with Gasteiger partial charge in [0.05, 0.1) is 12.4 Å². The maximum absolute atomic E-state index is 12.0. The van der Waals surface area contributed by atoms with Crippen LogP contribution in [0.15, 0.2) is 0 Å². The van der Waals surface area contributed by atoms with E-state index >= 15 is 0 Å². The van der Waals surface area contributed by atoms with Crippen LogP contribution in [0.4, 0.5) is 13.2 Å². The van der Waals surface area contributed by atoms with Crippen LogP contribution in [0.5, 0.6) is 0 Å². The van der Waals surface area contributed by atoms with Gasteiger partial charge in [0.15, 0.2) is 0 Å². The molecule has 0 unspecified atom stereocenters. The van der Waals surface area contributed by atoms with Crippen molar-refractivity contribution < 1.29 is 34.9 Å². The van der Waals surface area contributed by atoms with Crippen LogP contribution in [0, 0.1) is 0 Å². The zero-order chi connectivity index (χ0) is 14.4. The van der Waals surface area contributed by atoms with Crippen LogP contribution in [0.1, 0.15) is 13.8 Å². The van der Waals surface area contributed by atoms with Gasteiger partial charge in [-0.2, -0.15) is 13.2 Å². The molecular weight excluding hydrogens is 295 g/mol. The first-order valence-electron chi connectivity index (χ1n) is 5.07. The fourth-order valence-electron chi connectivity index (χ4n) is 0.937. The van der Waals surface area contributed by atoms with Crippen LogP contribution in [0.25, 0.3) is 0 Å². The minimum absolute atomic E-state index is 0.148. The Hall–Kier alpha value is -0.203. The molecule has 0 atom stereocenters. The maximum atomic E-state index is 12.0. The second-order valence-corrected chi connectivity index (χ2v) is 7.26. The third kappa shape index (κ3) is 5.62. The van der Waals surface area contributed by atoms with E-state index in [0.29, 0.717) is 0 Å². The molecule has 0 aliphatic carbocycles. The van der Waals surface area contributed by atoms with Crippen molar-refractivity contribution in [2.45, 2.75) is 19.4 Å². The first-order valence-corrected chi connectivity index (χ1v) is 8.53. The Bertz CT molecular complexity index is 341. The Morgan fingerprint density at radius 1 is 1.11 bits per heavy atom. The van der Waals surface area contributed by atoms with Gasteiger partial charge >= 0.3 is 14.5 Å². The first kappa shape index (κ1) is 17.8. The van der Waals surface area contributed by atoms with Crippen molar-refractivity contribution >= 4 is 18.8 Å². The zero-order valence-corrected chi connectivity index (χ0v) is 11.8. The van der Waals surface area contributed by atoms with E-state index in [-0.39, 0.29) is 13.2 Å². The normalized spacial score (nSPS) is 13.9. The molecule has 11 heteroatoms. The van der Waals surface area contributed by atoms with Gasteiger partial charge in [0.25, 0.3) is 0 Å². The Morgan fingerprint density at radius 2 is 1.56 bits per heavy atom. The Labute approximate surface area is 105 Å². The van der Waals surface area contributed by atoms with Gasteiger partial charge in [-0.1, -0.05) is 0 Å². The molecule has 0 aromatic carbocycles. The second-order valence-electron chi connectivity index (χ2n) is 3.08. The van der Waals surface area contributed by atoms with Crippen molar-refractivity contribution in [2.24, 2.45) is 5.40 Å². The molecule has 0 aromatic heterocycles. The summed E-state index contributed by atoms with van der Waals surface area (Å²) in [6, 6.07) is 0. The summed E-state index contributed by atoms with van der Waals surface area (Å²) in [5, 5.41) is 5.55. The Kier molecular flexibility index (Phi) is 6.74. The van der Waals surface area contributed by atoms with E-state index < -0.39 is 36.7 Å². The van der Waals surface area contributed by atoms with Gasteiger partial charge in [0.1, 0.15) is 0 Å². The maximum Gasteiger partial charge on any atom is 0.594 e. The van der Waals surface area contributed by atoms with Crippen molar-refractivity contribution in [3.63, 3.8) is 0 Å². The molecule has 0 amide bonds. The SMILES string of the molecule is CCO[Si](N)(OCC)OCCS(=O)(=O)C(F)(F)F. The number of sulfone groups is 1. The van der Waals surface area contributed by atoms with Crippen LogP contribution >= 0.6 is 0 Å². The van der Waals surface area contributed by atoms with Gasteiger partial charge in [0, 0.05) is 13.2 Å². The number of hydrogen-bond acceptors (Lipinski definition) is 6. The summed E-state index contributed by atoms with van der Waals surface area (Å²) in [4.78, 5) is 0. The summed E-state index contributed by atoms with van der Waals surface area (Å²) in [6.07, 6.45) is 0. The van der Waals surface area contributed by atoms with E-state index in [1.165, 1.54) is 0 Å². The molecular formula is C7H16F3NO5SSi. The van der Waals surface area contributed by atoms with Crippen molar-refractivity contribution in [3.05, 3.63) is 0 Å². The van der Waals surface area contributed by atoms with E-state index in [1.807, 2.05) is 0 Å². The number of halogens is 3. The van der Waals surface area contributed by atoms with E-state index in [4.69, 9.17) is 18.7 Å². The standard InChI is InChI=1S/C7H16F3NO5SSi/c1-3-14-18(11,15-4-2)16-5-6-17(12,13)7(8,9)10/h3-6,11H2,1-2H3. The molecule has 2 N–H and O–H groups in total. The number of hydrogen-bond donors (Lipinski definition) is 1. The largest absolute Gasteiger partial charge is 0.594 e. The first-order chi connectivity index (χ1) is 8.08. The summed E-state index contributed by atoms with van der Waals surface area (Å²) in [5.74, 6) is -1.22.